The number of imidazole rings is 1. The Morgan fingerprint density at radius 1 is 1.11 bits per heavy atom. The van der Waals surface area contributed by atoms with E-state index in [0.717, 1.165) is 53.4 Å². The van der Waals surface area contributed by atoms with Gasteiger partial charge in [-0.1, -0.05) is 41.6 Å². The maximum Gasteiger partial charge on any atom is 0.157 e. The second-order valence-corrected chi connectivity index (χ2v) is 6.92. The van der Waals surface area contributed by atoms with Crippen LogP contribution in [0.25, 0.3) is 5.65 Å². The van der Waals surface area contributed by atoms with Gasteiger partial charge >= 0.3 is 0 Å². The lowest BCUT2D eigenvalue weighted by molar-refractivity contribution is 0.318. The van der Waals surface area contributed by atoms with E-state index in [0.29, 0.717) is 0 Å². The second kappa shape index (κ2) is 6.81. The van der Waals surface area contributed by atoms with Gasteiger partial charge in [0.15, 0.2) is 5.65 Å². The van der Waals surface area contributed by atoms with Gasteiger partial charge in [0.1, 0.15) is 5.82 Å². The minimum absolute atomic E-state index is 0.733. The number of hydrogen-bond donors (Lipinski definition) is 2. The normalized spacial score (nSPS) is 14.5. The zero-order chi connectivity index (χ0) is 18.9. The van der Waals surface area contributed by atoms with Crippen LogP contribution >= 0.6 is 0 Å². The molecule has 2 N–H and O–H groups in total. The van der Waals surface area contributed by atoms with Crippen LogP contribution in [0.1, 0.15) is 28.8 Å². The summed E-state index contributed by atoms with van der Waals surface area (Å²) in [6, 6.07) is 16.5. The Morgan fingerprint density at radius 3 is 2.86 bits per heavy atom. The Balaban J connectivity index is 1.54. The minimum atomic E-state index is 0.733. The summed E-state index contributed by atoms with van der Waals surface area (Å²) >= 11 is 0. The fourth-order valence-electron chi connectivity index (χ4n) is 3.79. The lowest BCUT2D eigenvalue weighted by Crippen LogP contribution is -2.01. The second-order valence-electron chi connectivity index (χ2n) is 6.92. The summed E-state index contributed by atoms with van der Waals surface area (Å²) in [6.07, 6.45) is 7.85. The molecule has 138 valence electrons. The van der Waals surface area contributed by atoms with Gasteiger partial charge in [-0.15, -0.1) is 0 Å². The summed E-state index contributed by atoms with van der Waals surface area (Å²) in [7, 11) is 0. The minimum Gasteiger partial charge on any atom is -0.411 e. The highest BCUT2D eigenvalue weighted by Gasteiger charge is 2.19. The molecule has 2 aromatic carbocycles. The van der Waals surface area contributed by atoms with E-state index >= 15 is 0 Å². The molecule has 0 atom stereocenters. The van der Waals surface area contributed by atoms with Crippen molar-refractivity contribution >= 4 is 22.9 Å². The molecule has 0 fully saturated rings. The van der Waals surface area contributed by atoms with E-state index in [1.165, 1.54) is 11.1 Å². The average molecular weight is 369 g/mol. The molecule has 1 aliphatic carbocycles. The first-order valence-electron chi connectivity index (χ1n) is 9.28. The number of aromatic nitrogens is 3. The molecule has 1 aliphatic rings. The van der Waals surface area contributed by atoms with E-state index in [1.807, 2.05) is 40.9 Å². The first-order valence-corrected chi connectivity index (χ1v) is 9.28. The van der Waals surface area contributed by atoms with Gasteiger partial charge in [-0.25, -0.2) is 4.98 Å². The van der Waals surface area contributed by atoms with Crippen molar-refractivity contribution in [3.05, 3.63) is 89.5 Å². The van der Waals surface area contributed by atoms with Gasteiger partial charge in [0.2, 0.25) is 0 Å². The zero-order valence-corrected chi connectivity index (χ0v) is 15.2. The van der Waals surface area contributed by atoms with Crippen molar-refractivity contribution in [3.8, 4) is 0 Å². The molecule has 6 nitrogen and oxygen atoms in total. The number of oxime groups is 1. The van der Waals surface area contributed by atoms with E-state index in [-0.39, 0.29) is 0 Å². The third-order valence-electron chi connectivity index (χ3n) is 5.15. The van der Waals surface area contributed by atoms with Crippen LogP contribution < -0.4 is 5.32 Å². The molecule has 0 aliphatic heterocycles. The van der Waals surface area contributed by atoms with Crippen molar-refractivity contribution in [2.75, 3.05) is 5.32 Å². The molecular formula is C22H19N5O. The molecule has 0 saturated heterocycles. The molecule has 0 spiro atoms. The van der Waals surface area contributed by atoms with E-state index in [1.54, 1.807) is 12.4 Å². The van der Waals surface area contributed by atoms with Gasteiger partial charge in [0.05, 0.1) is 17.6 Å². The number of nitrogens with one attached hydrogen (secondary N) is 1. The summed E-state index contributed by atoms with van der Waals surface area (Å²) in [5, 5.41) is 16.1. The summed E-state index contributed by atoms with van der Waals surface area (Å²) < 4.78 is 2.03. The van der Waals surface area contributed by atoms with Gasteiger partial charge in [-0.05, 0) is 36.1 Å². The molecule has 6 heteroatoms. The highest BCUT2D eigenvalue weighted by molar-refractivity contribution is 6.04. The van der Waals surface area contributed by atoms with Crippen LogP contribution in [0.4, 0.5) is 11.5 Å². The maximum absolute atomic E-state index is 9.14. The number of anilines is 2. The number of fused-ring (bicyclic) bond motifs is 2. The maximum atomic E-state index is 9.14. The lowest BCUT2D eigenvalue weighted by Gasteiger charge is -2.10. The van der Waals surface area contributed by atoms with Crippen molar-refractivity contribution in [3.63, 3.8) is 0 Å². The number of nitrogens with zero attached hydrogens (tertiary/aromatic N) is 4. The van der Waals surface area contributed by atoms with Crippen molar-refractivity contribution < 1.29 is 5.21 Å². The van der Waals surface area contributed by atoms with E-state index < -0.39 is 0 Å². The predicted molar refractivity (Wildman–Crippen MR) is 109 cm³/mol. The van der Waals surface area contributed by atoms with Crippen molar-refractivity contribution in [1.82, 2.24) is 14.4 Å². The molecule has 2 heterocycles. The molecule has 0 bridgehead atoms. The molecule has 0 amide bonds. The van der Waals surface area contributed by atoms with Crippen LogP contribution in [0.2, 0.25) is 0 Å². The van der Waals surface area contributed by atoms with Gasteiger partial charge in [0, 0.05) is 30.1 Å². The summed E-state index contributed by atoms with van der Waals surface area (Å²) in [4.78, 5) is 8.99. The summed E-state index contributed by atoms with van der Waals surface area (Å²) in [5.74, 6) is 0.940. The van der Waals surface area contributed by atoms with Crippen LogP contribution in [0.3, 0.4) is 0 Å². The summed E-state index contributed by atoms with van der Waals surface area (Å²) in [6.45, 7) is 0. The molecule has 0 unspecified atom stereocenters. The molecule has 2 aromatic heterocycles. The predicted octanol–water partition coefficient (Wildman–Crippen LogP) is 4.19. The Bertz CT molecular complexity index is 1180. The quantitative estimate of drug-likeness (QED) is 0.418. The van der Waals surface area contributed by atoms with E-state index in [9.17, 15) is 0 Å². The van der Waals surface area contributed by atoms with Crippen molar-refractivity contribution in [1.29, 1.82) is 0 Å². The van der Waals surface area contributed by atoms with Gasteiger partial charge in [0.25, 0.3) is 0 Å². The first kappa shape index (κ1) is 16.5. The number of rotatable bonds is 4. The third-order valence-corrected chi connectivity index (χ3v) is 5.15. The first-order chi connectivity index (χ1) is 13.8. The van der Waals surface area contributed by atoms with Gasteiger partial charge in [-0.2, -0.15) is 0 Å². The van der Waals surface area contributed by atoms with Crippen LogP contribution in [0.15, 0.2) is 72.3 Å². The van der Waals surface area contributed by atoms with Gasteiger partial charge < -0.3 is 10.5 Å². The smallest absolute Gasteiger partial charge is 0.157 e. The molecule has 0 saturated carbocycles. The van der Waals surface area contributed by atoms with Crippen LogP contribution in [0.5, 0.6) is 0 Å². The van der Waals surface area contributed by atoms with Gasteiger partial charge in [-0.3, -0.25) is 9.38 Å². The van der Waals surface area contributed by atoms with Crippen LogP contribution in [-0.4, -0.2) is 25.3 Å². The lowest BCUT2D eigenvalue weighted by atomic mass is 10.1. The van der Waals surface area contributed by atoms with Crippen molar-refractivity contribution in [2.45, 2.75) is 19.3 Å². The molecule has 28 heavy (non-hydrogen) atoms. The van der Waals surface area contributed by atoms with Crippen LogP contribution in [0, 0.1) is 0 Å². The Morgan fingerprint density at radius 2 is 2.00 bits per heavy atom. The monoisotopic (exact) mass is 369 g/mol. The molecule has 5 rings (SSSR count). The Kier molecular flexibility index (Phi) is 4.01. The number of benzene rings is 2. The zero-order valence-electron chi connectivity index (χ0n) is 15.2. The molecule has 0 radical (unpaired) electrons. The molecule has 4 aromatic rings. The number of hydrogen-bond acceptors (Lipinski definition) is 5. The topological polar surface area (TPSA) is 74.8 Å². The Hall–Kier alpha value is -3.67. The third kappa shape index (κ3) is 2.89. The van der Waals surface area contributed by atoms with E-state index in [2.05, 4.69) is 33.7 Å². The SMILES string of the molecule is O/N=C1/CCc2cc(Nc3c(Cc4ccccc4)nc4cnccn34)ccc21. The Labute approximate surface area is 162 Å². The molecular weight excluding hydrogens is 350 g/mol. The number of aryl methyl sites for hydroxylation is 1. The fourth-order valence-corrected chi connectivity index (χ4v) is 3.79. The highest BCUT2D eigenvalue weighted by atomic mass is 16.4. The highest BCUT2D eigenvalue weighted by Crippen LogP contribution is 2.29. The standard InChI is InChI=1S/C22H19N5O/c28-26-19-9-6-16-13-17(7-8-18(16)19)24-22-20(12-15-4-2-1-3-5-15)25-21-14-23-10-11-27(21)22/h1-5,7-8,10-11,13-14,24,28H,6,9,12H2/b26-19-. The average Bonchev–Trinajstić information content (AvgIpc) is 3.30. The van der Waals surface area contributed by atoms with E-state index in [4.69, 9.17) is 10.2 Å². The largest absolute Gasteiger partial charge is 0.411 e. The van der Waals surface area contributed by atoms with Crippen LogP contribution in [-0.2, 0) is 12.8 Å². The van der Waals surface area contributed by atoms with Crippen molar-refractivity contribution in [2.24, 2.45) is 5.16 Å². The fraction of sp³-hybridized carbons (Fsp3) is 0.136. The summed E-state index contributed by atoms with van der Waals surface area (Å²) in [5.41, 5.74) is 6.96.